The maximum absolute atomic E-state index is 9.21. The van der Waals surface area contributed by atoms with Crippen LogP contribution in [0.25, 0.3) is 0 Å². The first-order valence-electron chi connectivity index (χ1n) is 8.35. The number of anilines is 2. The molecule has 124 valence electrons. The fourth-order valence-corrected chi connectivity index (χ4v) is 2.91. The molecule has 0 unspecified atom stereocenters. The molecule has 2 aromatic heterocycles. The van der Waals surface area contributed by atoms with Crippen molar-refractivity contribution >= 4 is 11.5 Å². The zero-order valence-electron chi connectivity index (χ0n) is 13.6. The standard InChI is InChI=1S/C17H25N5O/c1-2-22-12-15(10-20-22)9-18-17-4-3-16(11-19-17)21-7-5-14(13-23)6-8-21/h3-4,10-12,14,23H,2,5-9,13H2,1H3,(H,18,19). The van der Waals surface area contributed by atoms with Gasteiger partial charge in [-0.15, -0.1) is 0 Å². The molecular formula is C17H25N5O. The molecular weight excluding hydrogens is 290 g/mol. The van der Waals surface area contributed by atoms with E-state index in [1.54, 1.807) is 0 Å². The normalized spacial score (nSPS) is 15.8. The molecule has 0 bridgehead atoms. The number of nitrogens with zero attached hydrogens (tertiary/aromatic N) is 4. The maximum Gasteiger partial charge on any atom is 0.126 e. The van der Waals surface area contributed by atoms with Gasteiger partial charge in [-0.3, -0.25) is 4.68 Å². The number of aryl methyl sites for hydroxylation is 1. The van der Waals surface area contributed by atoms with Crippen LogP contribution in [0.2, 0.25) is 0 Å². The molecule has 1 aliphatic heterocycles. The van der Waals surface area contributed by atoms with Crippen molar-refractivity contribution < 1.29 is 5.11 Å². The Labute approximate surface area is 137 Å². The molecule has 2 N–H and O–H groups in total. The van der Waals surface area contributed by atoms with Crippen LogP contribution in [0.15, 0.2) is 30.7 Å². The van der Waals surface area contributed by atoms with E-state index in [0.717, 1.165) is 56.1 Å². The summed E-state index contributed by atoms with van der Waals surface area (Å²) in [5.74, 6) is 1.34. The average Bonchev–Trinajstić information content (AvgIpc) is 3.09. The second-order valence-electron chi connectivity index (χ2n) is 6.07. The summed E-state index contributed by atoms with van der Waals surface area (Å²) in [4.78, 5) is 6.85. The van der Waals surface area contributed by atoms with Gasteiger partial charge in [-0.1, -0.05) is 0 Å². The molecule has 0 atom stereocenters. The molecule has 1 fully saturated rings. The van der Waals surface area contributed by atoms with Gasteiger partial charge in [0.2, 0.25) is 0 Å². The van der Waals surface area contributed by atoms with Gasteiger partial charge in [0.25, 0.3) is 0 Å². The van der Waals surface area contributed by atoms with Gasteiger partial charge in [-0.05, 0) is 37.8 Å². The molecule has 1 saturated heterocycles. The van der Waals surface area contributed by atoms with Crippen molar-refractivity contribution in [2.75, 3.05) is 29.9 Å². The number of aliphatic hydroxyl groups excluding tert-OH is 1. The lowest BCUT2D eigenvalue weighted by Crippen LogP contribution is -2.34. The topological polar surface area (TPSA) is 66.2 Å². The van der Waals surface area contributed by atoms with E-state index in [1.165, 1.54) is 0 Å². The Morgan fingerprint density at radius 3 is 2.70 bits per heavy atom. The molecule has 0 saturated carbocycles. The van der Waals surface area contributed by atoms with E-state index in [2.05, 4.69) is 33.3 Å². The summed E-state index contributed by atoms with van der Waals surface area (Å²) in [6.07, 6.45) is 7.97. The predicted octanol–water partition coefficient (Wildman–Crippen LogP) is 2.12. The molecule has 6 nitrogen and oxygen atoms in total. The number of pyridine rings is 1. The molecule has 0 amide bonds. The van der Waals surface area contributed by atoms with Gasteiger partial charge in [0.05, 0.1) is 18.1 Å². The average molecular weight is 315 g/mol. The van der Waals surface area contributed by atoms with Crippen LogP contribution in [0.4, 0.5) is 11.5 Å². The predicted molar refractivity (Wildman–Crippen MR) is 91.5 cm³/mol. The third-order valence-electron chi connectivity index (χ3n) is 4.47. The lowest BCUT2D eigenvalue weighted by molar-refractivity contribution is 0.203. The Bertz CT molecular complexity index is 602. The van der Waals surface area contributed by atoms with Crippen molar-refractivity contribution in [1.29, 1.82) is 0 Å². The zero-order valence-corrected chi connectivity index (χ0v) is 13.6. The van der Waals surface area contributed by atoms with Crippen LogP contribution in [0, 0.1) is 5.92 Å². The highest BCUT2D eigenvalue weighted by Gasteiger charge is 2.18. The minimum Gasteiger partial charge on any atom is -0.396 e. The molecule has 1 aliphatic rings. The van der Waals surface area contributed by atoms with Gasteiger partial charge >= 0.3 is 0 Å². The number of nitrogens with one attached hydrogen (secondary N) is 1. The molecule has 3 rings (SSSR count). The maximum atomic E-state index is 9.21. The van der Waals surface area contributed by atoms with Crippen LogP contribution in [0.3, 0.4) is 0 Å². The number of hydrogen-bond donors (Lipinski definition) is 2. The van der Waals surface area contributed by atoms with Crippen molar-refractivity contribution in [3.63, 3.8) is 0 Å². The van der Waals surface area contributed by atoms with E-state index >= 15 is 0 Å². The van der Waals surface area contributed by atoms with Gasteiger partial charge in [-0.2, -0.15) is 5.10 Å². The highest BCUT2D eigenvalue weighted by Crippen LogP contribution is 2.23. The summed E-state index contributed by atoms with van der Waals surface area (Å²) in [7, 11) is 0. The van der Waals surface area contributed by atoms with E-state index in [1.807, 2.05) is 29.3 Å². The first-order chi connectivity index (χ1) is 11.3. The van der Waals surface area contributed by atoms with Gasteiger partial charge in [0.1, 0.15) is 5.82 Å². The third-order valence-corrected chi connectivity index (χ3v) is 4.47. The monoisotopic (exact) mass is 315 g/mol. The van der Waals surface area contributed by atoms with Crippen LogP contribution >= 0.6 is 0 Å². The molecule has 0 spiro atoms. The lowest BCUT2D eigenvalue weighted by Gasteiger charge is -2.32. The van der Waals surface area contributed by atoms with Crippen LogP contribution in [-0.2, 0) is 13.1 Å². The summed E-state index contributed by atoms with van der Waals surface area (Å²) in [6.45, 7) is 6.00. The van der Waals surface area contributed by atoms with Gasteiger partial charge in [-0.25, -0.2) is 4.98 Å². The lowest BCUT2D eigenvalue weighted by atomic mass is 9.98. The van der Waals surface area contributed by atoms with Crippen molar-refractivity contribution in [1.82, 2.24) is 14.8 Å². The number of rotatable bonds is 6. The van der Waals surface area contributed by atoms with Crippen LogP contribution in [-0.4, -0.2) is 39.6 Å². The fraction of sp³-hybridized carbons (Fsp3) is 0.529. The van der Waals surface area contributed by atoms with Crippen molar-refractivity contribution in [2.45, 2.75) is 32.9 Å². The Morgan fingerprint density at radius 2 is 2.09 bits per heavy atom. The molecule has 0 radical (unpaired) electrons. The second-order valence-corrected chi connectivity index (χ2v) is 6.07. The van der Waals surface area contributed by atoms with Gasteiger partial charge < -0.3 is 15.3 Å². The summed E-state index contributed by atoms with van der Waals surface area (Å²) >= 11 is 0. The Kier molecular flexibility index (Phi) is 5.12. The first-order valence-corrected chi connectivity index (χ1v) is 8.35. The highest BCUT2D eigenvalue weighted by molar-refractivity contribution is 5.49. The number of piperidine rings is 1. The second kappa shape index (κ2) is 7.46. The summed E-state index contributed by atoms with van der Waals surface area (Å²) in [5, 5.41) is 16.8. The molecule has 23 heavy (non-hydrogen) atoms. The highest BCUT2D eigenvalue weighted by atomic mass is 16.3. The van der Waals surface area contributed by atoms with Crippen molar-refractivity contribution in [3.8, 4) is 0 Å². The Morgan fingerprint density at radius 1 is 1.26 bits per heavy atom. The minimum atomic E-state index is 0.309. The van der Waals surface area contributed by atoms with E-state index < -0.39 is 0 Å². The molecule has 0 aliphatic carbocycles. The molecule has 3 heterocycles. The number of hydrogen-bond acceptors (Lipinski definition) is 5. The van der Waals surface area contributed by atoms with Gasteiger partial charge in [0.15, 0.2) is 0 Å². The van der Waals surface area contributed by atoms with Crippen LogP contribution < -0.4 is 10.2 Å². The van der Waals surface area contributed by atoms with E-state index in [4.69, 9.17) is 0 Å². The zero-order chi connectivity index (χ0) is 16.1. The summed E-state index contributed by atoms with van der Waals surface area (Å²) < 4.78 is 1.92. The van der Waals surface area contributed by atoms with Crippen molar-refractivity contribution in [3.05, 3.63) is 36.3 Å². The molecule has 6 heteroatoms. The summed E-state index contributed by atoms with van der Waals surface area (Å²) in [5.41, 5.74) is 2.31. The fourth-order valence-electron chi connectivity index (χ4n) is 2.91. The van der Waals surface area contributed by atoms with Crippen molar-refractivity contribution in [2.24, 2.45) is 5.92 Å². The summed E-state index contributed by atoms with van der Waals surface area (Å²) in [6, 6.07) is 4.14. The van der Waals surface area contributed by atoms with E-state index in [0.29, 0.717) is 12.5 Å². The first kappa shape index (κ1) is 15.8. The SMILES string of the molecule is CCn1cc(CNc2ccc(N3CCC(CO)CC3)cn2)cn1. The Balaban J connectivity index is 1.52. The molecule has 2 aromatic rings. The van der Waals surface area contributed by atoms with Crippen LogP contribution in [0.1, 0.15) is 25.3 Å². The van der Waals surface area contributed by atoms with Crippen LogP contribution in [0.5, 0.6) is 0 Å². The number of aliphatic hydroxyl groups is 1. The quantitative estimate of drug-likeness (QED) is 0.855. The smallest absolute Gasteiger partial charge is 0.126 e. The third kappa shape index (κ3) is 4.01. The minimum absolute atomic E-state index is 0.309. The van der Waals surface area contributed by atoms with Gasteiger partial charge in [0, 0.05) is 44.5 Å². The molecule has 0 aromatic carbocycles. The Hall–Kier alpha value is -2.08. The van der Waals surface area contributed by atoms with E-state index in [9.17, 15) is 5.11 Å². The largest absolute Gasteiger partial charge is 0.396 e. The van der Waals surface area contributed by atoms with E-state index in [-0.39, 0.29) is 0 Å². The number of aromatic nitrogens is 3.